The average molecular weight is 366 g/mol. The first-order valence-corrected chi connectivity index (χ1v) is 8.20. The SMILES string of the molecule is C/C=C/c1ccc(OCc2nc(C3(N)CCCC3)no2)c(OC)c1.Cl. The first kappa shape index (κ1) is 19.3. The highest BCUT2D eigenvalue weighted by molar-refractivity contribution is 5.85. The minimum absolute atomic E-state index is 0. The summed E-state index contributed by atoms with van der Waals surface area (Å²) < 4.78 is 16.4. The number of hydrogen-bond acceptors (Lipinski definition) is 6. The van der Waals surface area contributed by atoms with Gasteiger partial charge >= 0.3 is 0 Å². The lowest BCUT2D eigenvalue weighted by Gasteiger charge is -2.17. The summed E-state index contributed by atoms with van der Waals surface area (Å²) in [7, 11) is 1.62. The Morgan fingerprint density at radius 1 is 1.28 bits per heavy atom. The molecule has 1 aromatic heterocycles. The van der Waals surface area contributed by atoms with E-state index in [4.69, 9.17) is 19.7 Å². The third kappa shape index (κ3) is 4.32. The number of nitrogens with zero attached hydrogens (tertiary/aromatic N) is 2. The predicted molar refractivity (Wildman–Crippen MR) is 97.9 cm³/mol. The maximum absolute atomic E-state index is 6.34. The predicted octanol–water partition coefficient (Wildman–Crippen LogP) is 3.84. The quantitative estimate of drug-likeness (QED) is 0.837. The third-order valence-electron chi connectivity index (χ3n) is 4.31. The van der Waals surface area contributed by atoms with E-state index in [1.54, 1.807) is 7.11 Å². The van der Waals surface area contributed by atoms with E-state index >= 15 is 0 Å². The van der Waals surface area contributed by atoms with Crippen LogP contribution in [0.2, 0.25) is 0 Å². The Morgan fingerprint density at radius 3 is 2.72 bits per heavy atom. The first-order valence-electron chi connectivity index (χ1n) is 8.20. The summed E-state index contributed by atoms with van der Waals surface area (Å²) in [6.45, 7) is 2.15. The van der Waals surface area contributed by atoms with Crippen molar-refractivity contribution in [2.45, 2.75) is 44.8 Å². The van der Waals surface area contributed by atoms with E-state index in [0.717, 1.165) is 31.2 Å². The van der Waals surface area contributed by atoms with Crippen molar-refractivity contribution >= 4 is 18.5 Å². The molecular formula is C18H24ClN3O3. The lowest BCUT2D eigenvalue weighted by atomic mass is 9.99. The van der Waals surface area contributed by atoms with Crippen molar-refractivity contribution in [3.63, 3.8) is 0 Å². The van der Waals surface area contributed by atoms with Gasteiger partial charge in [-0.25, -0.2) is 0 Å². The molecule has 1 fully saturated rings. The minimum atomic E-state index is -0.451. The summed E-state index contributed by atoms with van der Waals surface area (Å²) in [6, 6.07) is 5.75. The number of methoxy groups -OCH3 is 1. The van der Waals surface area contributed by atoms with Crippen LogP contribution in [0.3, 0.4) is 0 Å². The number of halogens is 1. The molecule has 0 amide bonds. The molecule has 2 N–H and O–H groups in total. The molecule has 0 atom stereocenters. The molecule has 1 heterocycles. The molecule has 1 saturated carbocycles. The number of hydrogen-bond donors (Lipinski definition) is 1. The van der Waals surface area contributed by atoms with E-state index in [0.29, 0.717) is 23.2 Å². The van der Waals surface area contributed by atoms with Crippen LogP contribution in [0.1, 0.15) is 49.9 Å². The maximum Gasteiger partial charge on any atom is 0.264 e. The number of rotatable bonds is 6. The molecule has 1 aliphatic carbocycles. The van der Waals surface area contributed by atoms with Gasteiger partial charge in [-0.15, -0.1) is 12.4 Å². The molecule has 3 rings (SSSR count). The van der Waals surface area contributed by atoms with Gasteiger partial charge in [0.15, 0.2) is 23.9 Å². The third-order valence-corrected chi connectivity index (χ3v) is 4.31. The number of allylic oxidation sites excluding steroid dienone is 1. The van der Waals surface area contributed by atoms with Gasteiger partial charge in [-0.05, 0) is 37.5 Å². The molecule has 0 spiro atoms. The van der Waals surface area contributed by atoms with E-state index in [-0.39, 0.29) is 19.0 Å². The average Bonchev–Trinajstić information content (AvgIpc) is 3.24. The Hall–Kier alpha value is -2.05. The van der Waals surface area contributed by atoms with Crippen LogP contribution in [0, 0.1) is 0 Å². The van der Waals surface area contributed by atoms with Crippen molar-refractivity contribution in [3.8, 4) is 11.5 Å². The lowest BCUT2D eigenvalue weighted by molar-refractivity contribution is 0.232. The molecule has 7 heteroatoms. The van der Waals surface area contributed by atoms with Gasteiger partial charge in [-0.1, -0.05) is 36.2 Å². The monoisotopic (exact) mass is 365 g/mol. The van der Waals surface area contributed by atoms with Crippen LogP contribution in [0.4, 0.5) is 0 Å². The zero-order chi connectivity index (χ0) is 17.0. The van der Waals surface area contributed by atoms with E-state index in [2.05, 4.69) is 10.1 Å². The lowest BCUT2D eigenvalue weighted by Crippen LogP contribution is -2.34. The molecule has 136 valence electrons. The fourth-order valence-electron chi connectivity index (χ4n) is 2.98. The second-order valence-corrected chi connectivity index (χ2v) is 6.07. The summed E-state index contributed by atoms with van der Waals surface area (Å²) in [6.07, 6.45) is 7.97. The van der Waals surface area contributed by atoms with Gasteiger partial charge in [0.1, 0.15) is 0 Å². The molecule has 0 saturated heterocycles. The molecule has 0 unspecified atom stereocenters. The van der Waals surface area contributed by atoms with Crippen LogP contribution >= 0.6 is 12.4 Å². The van der Waals surface area contributed by atoms with Crippen molar-refractivity contribution < 1.29 is 14.0 Å². The number of ether oxygens (including phenoxy) is 2. The van der Waals surface area contributed by atoms with Gasteiger partial charge in [0.05, 0.1) is 12.6 Å². The van der Waals surface area contributed by atoms with Crippen molar-refractivity contribution in [1.29, 1.82) is 0 Å². The van der Waals surface area contributed by atoms with Crippen LogP contribution in [0.5, 0.6) is 11.5 Å². The van der Waals surface area contributed by atoms with Crippen molar-refractivity contribution in [2.24, 2.45) is 5.73 Å². The largest absolute Gasteiger partial charge is 0.493 e. The molecular weight excluding hydrogens is 342 g/mol. The van der Waals surface area contributed by atoms with Gasteiger partial charge in [0, 0.05) is 0 Å². The molecule has 1 aromatic carbocycles. The zero-order valence-electron chi connectivity index (χ0n) is 14.5. The summed E-state index contributed by atoms with van der Waals surface area (Å²) in [5.74, 6) is 2.29. The van der Waals surface area contributed by atoms with Crippen LogP contribution in [-0.4, -0.2) is 17.3 Å². The van der Waals surface area contributed by atoms with E-state index in [1.807, 2.05) is 37.3 Å². The Kier molecular flexibility index (Phi) is 6.45. The highest BCUT2D eigenvalue weighted by atomic mass is 35.5. The van der Waals surface area contributed by atoms with Crippen molar-refractivity contribution in [1.82, 2.24) is 10.1 Å². The van der Waals surface area contributed by atoms with Crippen LogP contribution in [0.15, 0.2) is 28.8 Å². The number of benzene rings is 1. The Morgan fingerprint density at radius 2 is 2.04 bits per heavy atom. The summed E-state index contributed by atoms with van der Waals surface area (Å²) >= 11 is 0. The maximum atomic E-state index is 6.34. The number of nitrogens with two attached hydrogens (primary N) is 1. The number of aromatic nitrogens is 2. The van der Waals surface area contributed by atoms with Crippen molar-refractivity contribution in [3.05, 3.63) is 41.6 Å². The molecule has 0 aliphatic heterocycles. The standard InChI is InChI=1S/C18H23N3O3.ClH/c1-3-6-13-7-8-14(15(11-13)22-2)23-12-16-20-17(21-24-16)18(19)9-4-5-10-18;/h3,6-8,11H,4-5,9-10,12,19H2,1-2H3;1H/b6-3+;. The van der Waals surface area contributed by atoms with Gasteiger partial charge in [-0.2, -0.15) is 4.98 Å². The van der Waals surface area contributed by atoms with Crippen LogP contribution in [0.25, 0.3) is 6.08 Å². The summed E-state index contributed by atoms with van der Waals surface area (Å²) in [5.41, 5.74) is 6.94. The highest BCUT2D eigenvalue weighted by Gasteiger charge is 2.35. The Labute approximate surface area is 153 Å². The van der Waals surface area contributed by atoms with E-state index in [1.165, 1.54) is 0 Å². The summed E-state index contributed by atoms with van der Waals surface area (Å²) in [5, 5.41) is 4.03. The van der Waals surface area contributed by atoms with E-state index < -0.39 is 5.54 Å². The van der Waals surface area contributed by atoms with Gasteiger partial charge in [0.25, 0.3) is 5.89 Å². The molecule has 0 bridgehead atoms. The van der Waals surface area contributed by atoms with Gasteiger partial charge in [0.2, 0.25) is 0 Å². The smallest absolute Gasteiger partial charge is 0.264 e. The second kappa shape index (κ2) is 8.36. The zero-order valence-corrected chi connectivity index (χ0v) is 15.3. The van der Waals surface area contributed by atoms with Crippen LogP contribution in [-0.2, 0) is 12.1 Å². The minimum Gasteiger partial charge on any atom is -0.493 e. The molecule has 1 aliphatic rings. The van der Waals surface area contributed by atoms with E-state index in [9.17, 15) is 0 Å². The van der Waals surface area contributed by atoms with Gasteiger partial charge in [-0.3, -0.25) is 0 Å². The van der Waals surface area contributed by atoms with Gasteiger partial charge < -0.3 is 19.7 Å². The topological polar surface area (TPSA) is 83.4 Å². The van der Waals surface area contributed by atoms with Crippen LogP contribution < -0.4 is 15.2 Å². The Balaban J connectivity index is 0.00000225. The first-order chi connectivity index (χ1) is 11.6. The Bertz CT molecular complexity index is 724. The van der Waals surface area contributed by atoms with Crippen molar-refractivity contribution in [2.75, 3.05) is 7.11 Å². The molecule has 6 nitrogen and oxygen atoms in total. The molecule has 2 aromatic rings. The second-order valence-electron chi connectivity index (χ2n) is 6.07. The fraction of sp³-hybridized carbons (Fsp3) is 0.444. The normalized spacial score (nSPS) is 16.0. The fourth-order valence-corrected chi connectivity index (χ4v) is 2.98. The highest BCUT2D eigenvalue weighted by Crippen LogP contribution is 2.34. The molecule has 25 heavy (non-hydrogen) atoms. The molecule has 0 radical (unpaired) electrons. The summed E-state index contributed by atoms with van der Waals surface area (Å²) in [4.78, 5) is 4.40.